The molecule has 0 amide bonds. The number of hydrogen-bond acceptors (Lipinski definition) is 3. The Bertz CT molecular complexity index is 305. The Hall–Kier alpha value is -0.570. The number of nitrogens with zero attached hydrogens (tertiary/aromatic N) is 1. The van der Waals surface area contributed by atoms with E-state index in [1.165, 1.54) is 12.8 Å². The van der Waals surface area contributed by atoms with E-state index in [1.807, 2.05) is 13.8 Å². The van der Waals surface area contributed by atoms with E-state index in [1.54, 1.807) is 0 Å². The molecule has 104 valence electrons. The molecular formula is C15H27NO2. The van der Waals surface area contributed by atoms with E-state index in [9.17, 15) is 4.79 Å². The number of ether oxygens (including phenoxy) is 1. The molecule has 0 aromatic carbocycles. The van der Waals surface area contributed by atoms with Crippen molar-refractivity contribution in [1.29, 1.82) is 0 Å². The van der Waals surface area contributed by atoms with Gasteiger partial charge in [0.05, 0.1) is 5.92 Å². The lowest BCUT2D eigenvalue weighted by Crippen LogP contribution is -2.54. The summed E-state index contributed by atoms with van der Waals surface area (Å²) in [6.07, 6.45) is 4.71. The first kappa shape index (κ1) is 13.9. The smallest absolute Gasteiger partial charge is 0.308 e. The lowest BCUT2D eigenvalue weighted by atomic mass is 9.93. The van der Waals surface area contributed by atoms with Crippen LogP contribution in [0.2, 0.25) is 0 Å². The van der Waals surface area contributed by atoms with E-state index < -0.39 is 0 Å². The van der Waals surface area contributed by atoms with Crippen molar-refractivity contribution < 1.29 is 9.53 Å². The molecule has 0 saturated carbocycles. The van der Waals surface area contributed by atoms with Crippen molar-refractivity contribution in [2.24, 2.45) is 5.92 Å². The van der Waals surface area contributed by atoms with Gasteiger partial charge in [-0.15, -0.1) is 0 Å². The highest BCUT2D eigenvalue weighted by Gasteiger charge is 2.46. The lowest BCUT2D eigenvalue weighted by Gasteiger charge is -2.46. The van der Waals surface area contributed by atoms with Gasteiger partial charge in [-0.3, -0.25) is 9.69 Å². The molecule has 0 aromatic heterocycles. The fraction of sp³-hybridized carbons (Fsp3) is 0.933. The van der Waals surface area contributed by atoms with E-state index >= 15 is 0 Å². The van der Waals surface area contributed by atoms with Gasteiger partial charge in [0.1, 0.15) is 6.10 Å². The molecule has 3 nitrogen and oxygen atoms in total. The van der Waals surface area contributed by atoms with Gasteiger partial charge in [-0.1, -0.05) is 13.8 Å². The molecule has 3 heteroatoms. The van der Waals surface area contributed by atoms with E-state index in [0.29, 0.717) is 12.1 Å². The molecule has 2 fully saturated rings. The SMILES string of the molecule is CC(C)C(=O)OC1CC2CC[C@H](C1)N2C(C)(C)C. The van der Waals surface area contributed by atoms with Gasteiger partial charge < -0.3 is 4.74 Å². The zero-order valence-electron chi connectivity index (χ0n) is 12.4. The Morgan fingerprint density at radius 2 is 1.67 bits per heavy atom. The largest absolute Gasteiger partial charge is 0.462 e. The maximum atomic E-state index is 11.7. The molecule has 2 unspecified atom stereocenters. The van der Waals surface area contributed by atoms with Crippen molar-refractivity contribution in [2.45, 2.75) is 84.0 Å². The van der Waals surface area contributed by atoms with Gasteiger partial charge in [0.2, 0.25) is 0 Å². The van der Waals surface area contributed by atoms with Gasteiger partial charge in [-0.2, -0.15) is 0 Å². The van der Waals surface area contributed by atoms with Crippen molar-refractivity contribution in [2.75, 3.05) is 0 Å². The second-order valence-corrected chi connectivity index (χ2v) is 7.15. The molecule has 2 saturated heterocycles. The average molecular weight is 253 g/mol. The molecule has 0 N–H and O–H groups in total. The minimum atomic E-state index is -0.0383. The third-order valence-corrected chi connectivity index (χ3v) is 4.22. The van der Waals surface area contributed by atoms with E-state index in [-0.39, 0.29) is 23.5 Å². The topological polar surface area (TPSA) is 29.5 Å². The number of hydrogen-bond donors (Lipinski definition) is 0. The second-order valence-electron chi connectivity index (χ2n) is 7.15. The normalized spacial score (nSPS) is 32.9. The predicted octanol–water partition coefficient (Wildman–Crippen LogP) is 2.98. The Kier molecular flexibility index (Phi) is 3.72. The highest BCUT2D eigenvalue weighted by molar-refractivity contribution is 5.71. The van der Waals surface area contributed by atoms with Gasteiger partial charge in [-0.25, -0.2) is 0 Å². The van der Waals surface area contributed by atoms with Gasteiger partial charge in [0.15, 0.2) is 0 Å². The molecule has 0 spiro atoms. The van der Waals surface area contributed by atoms with Crippen LogP contribution in [0, 0.1) is 5.92 Å². The predicted molar refractivity (Wildman–Crippen MR) is 72.4 cm³/mol. The maximum absolute atomic E-state index is 11.7. The molecule has 0 aliphatic carbocycles. The summed E-state index contributed by atoms with van der Waals surface area (Å²) >= 11 is 0. The van der Waals surface area contributed by atoms with E-state index in [0.717, 1.165) is 12.8 Å². The first-order valence-electron chi connectivity index (χ1n) is 7.28. The number of rotatable bonds is 2. The summed E-state index contributed by atoms with van der Waals surface area (Å²) in [6, 6.07) is 1.21. The molecular weight excluding hydrogens is 226 g/mol. The molecule has 18 heavy (non-hydrogen) atoms. The van der Waals surface area contributed by atoms with Crippen molar-refractivity contribution in [3.05, 3.63) is 0 Å². The van der Waals surface area contributed by atoms with Gasteiger partial charge in [0, 0.05) is 30.5 Å². The van der Waals surface area contributed by atoms with Crippen LogP contribution in [-0.4, -0.2) is 34.6 Å². The molecule has 2 aliphatic rings. The van der Waals surface area contributed by atoms with Crippen LogP contribution in [-0.2, 0) is 9.53 Å². The highest BCUT2D eigenvalue weighted by atomic mass is 16.5. The Labute approximate surface area is 111 Å². The summed E-state index contributed by atoms with van der Waals surface area (Å²) in [4.78, 5) is 14.3. The molecule has 3 atom stereocenters. The number of esters is 1. The summed E-state index contributed by atoms with van der Waals surface area (Å²) in [5, 5.41) is 0. The summed E-state index contributed by atoms with van der Waals surface area (Å²) in [6.45, 7) is 10.7. The van der Waals surface area contributed by atoms with Crippen molar-refractivity contribution in [3.63, 3.8) is 0 Å². The number of fused-ring (bicyclic) bond motifs is 2. The summed E-state index contributed by atoms with van der Waals surface area (Å²) in [5.41, 5.74) is 0.235. The number of piperidine rings is 1. The van der Waals surface area contributed by atoms with Crippen molar-refractivity contribution >= 4 is 5.97 Å². The molecule has 2 aliphatic heterocycles. The van der Waals surface area contributed by atoms with Crippen LogP contribution in [0.5, 0.6) is 0 Å². The average Bonchev–Trinajstić information content (AvgIpc) is 2.51. The van der Waals surface area contributed by atoms with Crippen LogP contribution in [0.3, 0.4) is 0 Å². The number of carbonyl (C=O) groups excluding carboxylic acids is 1. The molecule has 0 radical (unpaired) electrons. The maximum Gasteiger partial charge on any atom is 0.308 e. The van der Waals surface area contributed by atoms with Crippen LogP contribution in [0.25, 0.3) is 0 Å². The van der Waals surface area contributed by atoms with Gasteiger partial charge >= 0.3 is 5.97 Å². The third kappa shape index (κ3) is 2.71. The second kappa shape index (κ2) is 4.84. The molecule has 2 heterocycles. The van der Waals surface area contributed by atoms with Crippen LogP contribution < -0.4 is 0 Å². The number of carbonyl (C=O) groups is 1. The van der Waals surface area contributed by atoms with Crippen LogP contribution in [0.15, 0.2) is 0 Å². The summed E-state index contributed by atoms with van der Waals surface area (Å²) in [7, 11) is 0. The van der Waals surface area contributed by atoms with E-state index in [2.05, 4.69) is 25.7 Å². The fourth-order valence-electron chi connectivity index (χ4n) is 3.62. The van der Waals surface area contributed by atoms with Gasteiger partial charge in [-0.05, 0) is 33.6 Å². The minimum Gasteiger partial charge on any atom is -0.462 e. The summed E-state index contributed by atoms with van der Waals surface area (Å²) in [5.74, 6) is -0.0492. The standard InChI is InChI=1S/C15H27NO2/c1-10(2)14(17)18-13-8-11-6-7-12(9-13)16(11)15(3,4)5/h10-13H,6-9H2,1-5H3/t11-,12?,13?/m1/s1. The van der Waals surface area contributed by atoms with Crippen LogP contribution in [0.1, 0.15) is 60.3 Å². The van der Waals surface area contributed by atoms with E-state index in [4.69, 9.17) is 4.74 Å². The monoisotopic (exact) mass is 253 g/mol. The zero-order chi connectivity index (χ0) is 13.5. The van der Waals surface area contributed by atoms with Crippen LogP contribution >= 0.6 is 0 Å². The third-order valence-electron chi connectivity index (χ3n) is 4.22. The first-order chi connectivity index (χ1) is 8.29. The Morgan fingerprint density at radius 3 is 2.06 bits per heavy atom. The Morgan fingerprint density at radius 1 is 1.17 bits per heavy atom. The zero-order valence-corrected chi connectivity index (χ0v) is 12.4. The minimum absolute atomic E-state index is 0.0108. The van der Waals surface area contributed by atoms with Crippen molar-refractivity contribution in [1.82, 2.24) is 4.90 Å². The van der Waals surface area contributed by atoms with Crippen molar-refractivity contribution in [3.8, 4) is 0 Å². The molecule has 0 aromatic rings. The lowest BCUT2D eigenvalue weighted by molar-refractivity contribution is -0.157. The molecule has 2 rings (SSSR count). The highest BCUT2D eigenvalue weighted by Crippen LogP contribution is 2.41. The first-order valence-corrected chi connectivity index (χ1v) is 7.28. The Balaban J connectivity index is 1.98. The molecule has 2 bridgehead atoms. The quantitative estimate of drug-likeness (QED) is 0.709. The van der Waals surface area contributed by atoms with Gasteiger partial charge in [0.25, 0.3) is 0 Å². The van der Waals surface area contributed by atoms with Crippen LogP contribution in [0.4, 0.5) is 0 Å². The fourth-order valence-corrected chi connectivity index (χ4v) is 3.62. The summed E-state index contributed by atoms with van der Waals surface area (Å²) < 4.78 is 5.63.